The Morgan fingerprint density at radius 3 is 1.27 bits per heavy atom. The summed E-state index contributed by atoms with van der Waals surface area (Å²) in [4.78, 5) is 71.5. The Balaban J connectivity index is 1.13. The van der Waals surface area contributed by atoms with Gasteiger partial charge in [0.1, 0.15) is 23.7 Å². The lowest BCUT2D eigenvalue weighted by molar-refractivity contribution is -0.138. The molecule has 2 aliphatic heterocycles. The van der Waals surface area contributed by atoms with Crippen LogP contribution in [0.25, 0.3) is 33.6 Å². The van der Waals surface area contributed by atoms with E-state index in [2.05, 4.69) is 69.1 Å². The number of H-pyrrole nitrogens is 2. The van der Waals surface area contributed by atoms with E-state index in [-0.39, 0.29) is 47.8 Å². The van der Waals surface area contributed by atoms with Gasteiger partial charge < -0.3 is 39.9 Å². The Morgan fingerprint density at radius 2 is 0.946 bits per heavy atom. The molecule has 4 amide bonds. The van der Waals surface area contributed by atoms with Crippen LogP contribution in [0.5, 0.6) is 0 Å². The molecule has 2 aromatic heterocycles. The average Bonchev–Trinajstić information content (AvgIpc) is 4.02. The zero-order chi connectivity index (χ0) is 40.3. The number of carbonyl (C=O) groups excluding carboxylic acids is 4. The Labute approximate surface area is 328 Å². The fourth-order valence-electron chi connectivity index (χ4n) is 7.96. The summed E-state index contributed by atoms with van der Waals surface area (Å²) in [5, 5.41) is 5.43. The summed E-state index contributed by atoms with van der Waals surface area (Å²) in [6.07, 6.45) is 5.56. The highest BCUT2D eigenvalue weighted by molar-refractivity contribution is 5.87. The molecule has 2 fully saturated rings. The lowest BCUT2D eigenvalue weighted by Crippen LogP contribution is -2.52. The van der Waals surface area contributed by atoms with Gasteiger partial charge in [-0.25, -0.2) is 19.6 Å². The number of aromatic nitrogens is 4. The number of nitrogens with one attached hydrogen (secondary N) is 4. The third kappa shape index (κ3) is 8.29. The van der Waals surface area contributed by atoms with Crippen molar-refractivity contribution in [3.05, 3.63) is 72.6 Å². The second kappa shape index (κ2) is 17.0. The van der Waals surface area contributed by atoms with Crippen LogP contribution < -0.4 is 10.6 Å². The molecular formula is C42H54N8O6. The number of imidazole rings is 2. The van der Waals surface area contributed by atoms with Crippen molar-refractivity contribution in [2.45, 2.75) is 103 Å². The molecule has 2 aliphatic rings. The Kier molecular flexibility index (Phi) is 12.2. The molecule has 0 spiro atoms. The molecule has 0 bridgehead atoms. The molecule has 0 aliphatic carbocycles. The summed E-state index contributed by atoms with van der Waals surface area (Å²) in [5.41, 5.74) is 5.76. The molecule has 4 N–H and O–H groups in total. The van der Waals surface area contributed by atoms with Crippen molar-refractivity contribution in [3.63, 3.8) is 0 Å². The van der Waals surface area contributed by atoms with Crippen LogP contribution in [0.15, 0.2) is 60.9 Å². The highest BCUT2D eigenvalue weighted by Crippen LogP contribution is 2.38. The van der Waals surface area contributed by atoms with E-state index < -0.39 is 24.3 Å². The SMILES string of the molecule is COC(=O)N[C@@H](C(=O)N1[C@@H](C)CC[C@H]1c1ncc(-c2ccc(-c3ccc(-c4cnc([C@@H]5CC[C@H](C)N5C(=O)[C@H](NC(=O)OC)C(C)C)[nH]4)cc3)cc2)[nH]1)C(C)C. The Morgan fingerprint density at radius 1 is 0.607 bits per heavy atom. The zero-order valence-electron chi connectivity index (χ0n) is 33.5. The van der Waals surface area contributed by atoms with Gasteiger partial charge in [0.15, 0.2) is 0 Å². The Bertz CT molecular complexity index is 1860. The number of likely N-dealkylation sites (tertiary alicyclic amines) is 2. The van der Waals surface area contributed by atoms with Crippen LogP contribution in [0.2, 0.25) is 0 Å². The number of benzene rings is 2. The van der Waals surface area contributed by atoms with Crippen molar-refractivity contribution < 1.29 is 28.7 Å². The van der Waals surface area contributed by atoms with Crippen LogP contribution in [-0.4, -0.2) is 92.1 Å². The Hall–Kier alpha value is -5.66. The molecule has 6 rings (SSSR count). The van der Waals surface area contributed by atoms with Crippen LogP contribution in [0.4, 0.5) is 9.59 Å². The quantitative estimate of drug-likeness (QED) is 0.126. The number of carbonyl (C=O) groups is 4. The molecule has 4 heterocycles. The summed E-state index contributed by atoms with van der Waals surface area (Å²) in [7, 11) is 2.58. The number of hydrogen-bond acceptors (Lipinski definition) is 8. The number of ether oxygens (including phenoxy) is 2. The number of amides is 4. The number of rotatable bonds is 11. The van der Waals surface area contributed by atoms with Crippen LogP contribution in [0, 0.1) is 11.8 Å². The van der Waals surface area contributed by atoms with Gasteiger partial charge in [-0.1, -0.05) is 76.2 Å². The van der Waals surface area contributed by atoms with Crippen molar-refractivity contribution in [2.24, 2.45) is 11.8 Å². The fourth-order valence-corrected chi connectivity index (χ4v) is 7.96. The van der Waals surface area contributed by atoms with Crippen molar-refractivity contribution in [1.82, 2.24) is 40.4 Å². The predicted molar refractivity (Wildman–Crippen MR) is 212 cm³/mol. The van der Waals surface area contributed by atoms with E-state index in [0.717, 1.165) is 71.0 Å². The van der Waals surface area contributed by atoms with E-state index in [0.29, 0.717) is 0 Å². The van der Waals surface area contributed by atoms with Crippen LogP contribution in [0.1, 0.15) is 91.0 Å². The minimum atomic E-state index is -0.704. The first kappa shape index (κ1) is 40.0. The van der Waals surface area contributed by atoms with Crippen LogP contribution in [0.3, 0.4) is 0 Å². The zero-order valence-corrected chi connectivity index (χ0v) is 33.5. The first-order valence-electron chi connectivity index (χ1n) is 19.5. The molecule has 6 atom stereocenters. The van der Waals surface area contributed by atoms with Crippen LogP contribution in [-0.2, 0) is 19.1 Å². The molecule has 2 aromatic carbocycles. The molecule has 0 saturated carbocycles. The fraction of sp³-hybridized carbons (Fsp3) is 0.476. The molecule has 14 heteroatoms. The first-order chi connectivity index (χ1) is 26.8. The first-order valence-corrected chi connectivity index (χ1v) is 19.5. The second-order valence-electron chi connectivity index (χ2n) is 15.6. The van der Waals surface area contributed by atoms with Gasteiger partial charge in [0.25, 0.3) is 0 Å². The molecule has 0 unspecified atom stereocenters. The monoisotopic (exact) mass is 766 g/mol. The van der Waals surface area contributed by atoms with E-state index in [9.17, 15) is 19.2 Å². The standard InChI is InChI=1S/C42H54N8O6/c1-23(2)35(47-41(53)55-7)39(51)49-25(5)9-19-33(49)37-43-21-31(45-37)29-15-11-27(12-16-29)28-13-17-30(18-14-28)32-22-44-38(46-32)34-20-10-26(6)50(34)40(52)36(24(3)4)48-42(54)56-8/h11-18,21-26,33-36H,9-10,19-20H2,1-8H3,(H,43,45)(H,44,46)(H,47,53)(H,48,54)/t25-,26-,33-,34-,35+,36+/m0/s1. The number of nitrogens with zero attached hydrogens (tertiary/aromatic N) is 4. The molecule has 4 aromatic rings. The molecule has 14 nitrogen and oxygen atoms in total. The summed E-state index contributed by atoms with van der Waals surface area (Å²) < 4.78 is 9.56. The van der Waals surface area contributed by atoms with Crippen LogP contribution >= 0.6 is 0 Å². The third-order valence-corrected chi connectivity index (χ3v) is 11.2. The summed E-state index contributed by atoms with van der Waals surface area (Å²) in [5.74, 6) is 0.918. The highest BCUT2D eigenvalue weighted by Gasteiger charge is 2.42. The van der Waals surface area contributed by atoms with E-state index in [1.807, 2.05) is 51.3 Å². The molecular weight excluding hydrogens is 713 g/mol. The lowest BCUT2D eigenvalue weighted by Gasteiger charge is -2.32. The average molecular weight is 767 g/mol. The molecule has 56 heavy (non-hydrogen) atoms. The normalized spacial score (nSPS) is 20.6. The smallest absolute Gasteiger partial charge is 0.407 e. The largest absolute Gasteiger partial charge is 0.453 e. The van der Waals surface area contributed by atoms with Crippen molar-refractivity contribution >= 4 is 24.0 Å². The maximum Gasteiger partial charge on any atom is 0.407 e. The van der Waals surface area contributed by atoms with Crippen molar-refractivity contribution in [1.29, 1.82) is 0 Å². The van der Waals surface area contributed by atoms with Gasteiger partial charge in [-0.3, -0.25) is 9.59 Å². The maximum atomic E-state index is 13.7. The summed E-state index contributed by atoms with van der Waals surface area (Å²) in [6, 6.07) is 14.6. The number of methoxy groups -OCH3 is 2. The second-order valence-corrected chi connectivity index (χ2v) is 15.6. The molecule has 0 radical (unpaired) electrons. The minimum Gasteiger partial charge on any atom is -0.453 e. The molecule has 298 valence electrons. The summed E-state index contributed by atoms with van der Waals surface area (Å²) >= 11 is 0. The number of alkyl carbamates (subject to hydrolysis) is 2. The maximum absolute atomic E-state index is 13.7. The van der Waals surface area contributed by atoms with Gasteiger partial charge in [-0.2, -0.15) is 0 Å². The minimum absolute atomic E-state index is 0.000678. The van der Waals surface area contributed by atoms with E-state index >= 15 is 0 Å². The summed E-state index contributed by atoms with van der Waals surface area (Å²) in [6.45, 7) is 11.7. The van der Waals surface area contributed by atoms with E-state index in [4.69, 9.17) is 19.4 Å². The van der Waals surface area contributed by atoms with Gasteiger partial charge in [0, 0.05) is 12.1 Å². The van der Waals surface area contributed by atoms with E-state index in [1.54, 1.807) is 12.4 Å². The van der Waals surface area contributed by atoms with Crippen molar-refractivity contribution in [3.8, 4) is 33.6 Å². The van der Waals surface area contributed by atoms with Gasteiger partial charge in [-0.15, -0.1) is 0 Å². The predicted octanol–water partition coefficient (Wildman–Crippen LogP) is 7.00. The van der Waals surface area contributed by atoms with Gasteiger partial charge >= 0.3 is 12.2 Å². The topological polar surface area (TPSA) is 175 Å². The number of aromatic amines is 2. The van der Waals surface area contributed by atoms with Gasteiger partial charge in [-0.05, 0) is 73.6 Å². The van der Waals surface area contributed by atoms with Crippen molar-refractivity contribution in [2.75, 3.05) is 14.2 Å². The number of hydrogen-bond donors (Lipinski definition) is 4. The highest BCUT2D eigenvalue weighted by atomic mass is 16.5. The lowest BCUT2D eigenvalue weighted by atomic mass is 10.0. The van der Waals surface area contributed by atoms with Gasteiger partial charge in [0.2, 0.25) is 11.8 Å². The van der Waals surface area contributed by atoms with E-state index in [1.165, 1.54) is 14.2 Å². The third-order valence-electron chi connectivity index (χ3n) is 11.2. The van der Waals surface area contributed by atoms with Gasteiger partial charge in [0.05, 0.1) is 50.1 Å². The molecule has 2 saturated heterocycles.